The molecule has 5 nitrogen and oxygen atoms in total. The zero-order valence-electron chi connectivity index (χ0n) is 17.7. The molecule has 3 rings (SSSR count). The molecule has 2 N–H and O–H groups in total. The van der Waals surface area contributed by atoms with Gasteiger partial charge in [0.25, 0.3) is 0 Å². The summed E-state index contributed by atoms with van der Waals surface area (Å²) in [6.45, 7) is 8.19. The molecular formula is C24H32O5. The first kappa shape index (κ1) is 21.8. The fourth-order valence-corrected chi connectivity index (χ4v) is 4.97. The van der Waals surface area contributed by atoms with E-state index in [9.17, 15) is 15.2 Å². The van der Waals surface area contributed by atoms with Crippen molar-refractivity contribution in [1.29, 1.82) is 0 Å². The summed E-state index contributed by atoms with van der Waals surface area (Å²) in [5, 5.41) is 20.2. The molecule has 2 aliphatic carbocycles. The van der Waals surface area contributed by atoms with Gasteiger partial charge >= 0.3 is 5.97 Å². The second kappa shape index (κ2) is 8.82. The van der Waals surface area contributed by atoms with Crippen molar-refractivity contribution >= 4 is 12.0 Å². The maximum atomic E-state index is 12.7. The number of fused-ring (bicyclic) bond motifs is 1. The Morgan fingerprint density at radius 3 is 2.59 bits per heavy atom. The monoisotopic (exact) mass is 400 g/mol. The maximum absolute atomic E-state index is 12.7. The molecule has 1 aromatic rings. The molecule has 0 bridgehead atoms. The number of benzene rings is 1. The number of carbonyl (C=O) groups is 1. The van der Waals surface area contributed by atoms with Crippen molar-refractivity contribution in [3.05, 3.63) is 53.1 Å². The highest BCUT2D eigenvalue weighted by molar-refractivity contribution is 5.87. The van der Waals surface area contributed by atoms with Crippen molar-refractivity contribution in [2.45, 2.75) is 65.3 Å². The van der Waals surface area contributed by atoms with Gasteiger partial charge in [0.2, 0.25) is 0 Å². The van der Waals surface area contributed by atoms with Gasteiger partial charge in [-0.15, -0.1) is 0 Å². The zero-order valence-corrected chi connectivity index (χ0v) is 17.7. The van der Waals surface area contributed by atoms with Crippen LogP contribution in [0.5, 0.6) is 0 Å². The van der Waals surface area contributed by atoms with Gasteiger partial charge in [-0.1, -0.05) is 51.1 Å². The average Bonchev–Trinajstić information content (AvgIpc) is 2.69. The second-order valence-corrected chi connectivity index (χ2v) is 8.91. The number of ether oxygens (including phenoxy) is 1. The van der Waals surface area contributed by atoms with Gasteiger partial charge in [0.05, 0.1) is 6.10 Å². The Balaban J connectivity index is 1.93. The standard InChI is InChI=1S/C24H32O5/c1-15(2)18-12-13-24(4)20(25)14-19(29-27)16(3)22(24)23(18)28-21(26)11-10-17-8-6-5-7-9-17/h5-11,15,18-20,23,25,27H,12-14H2,1-4H3. The number of carbonyl (C=O) groups excluding carboxylic acids is 1. The average molecular weight is 401 g/mol. The minimum Gasteiger partial charge on any atom is -0.454 e. The van der Waals surface area contributed by atoms with Crippen LogP contribution in [0.1, 0.15) is 52.5 Å². The minimum atomic E-state index is -0.660. The summed E-state index contributed by atoms with van der Waals surface area (Å²) in [6.07, 6.45) is 3.52. The van der Waals surface area contributed by atoms with Gasteiger partial charge in [-0.3, -0.25) is 5.26 Å². The van der Waals surface area contributed by atoms with Crippen LogP contribution >= 0.6 is 0 Å². The molecule has 0 aromatic heterocycles. The Labute approximate surface area is 173 Å². The van der Waals surface area contributed by atoms with E-state index in [0.717, 1.165) is 29.6 Å². The predicted molar refractivity (Wildman–Crippen MR) is 112 cm³/mol. The Morgan fingerprint density at radius 2 is 1.97 bits per heavy atom. The van der Waals surface area contributed by atoms with Crippen molar-refractivity contribution in [3.8, 4) is 0 Å². The van der Waals surface area contributed by atoms with E-state index >= 15 is 0 Å². The van der Waals surface area contributed by atoms with Crippen molar-refractivity contribution < 1.29 is 24.8 Å². The normalized spacial score (nSPS) is 32.5. The Hall–Kier alpha value is -1.95. The molecule has 1 fully saturated rings. The smallest absolute Gasteiger partial charge is 0.331 e. The van der Waals surface area contributed by atoms with Gasteiger partial charge in [0.15, 0.2) is 0 Å². The van der Waals surface area contributed by atoms with Crippen LogP contribution in [0.4, 0.5) is 0 Å². The third-order valence-electron chi connectivity index (χ3n) is 6.80. The number of esters is 1. The minimum absolute atomic E-state index is 0.145. The van der Waals surface area contributed by atoms with E-state index < -0.39 is 29.7 Å². The molecule has 158 valence electrons. The van der Waals surface area contributed by atoms with Crippen LogP contribution in [0.3, 0.4) is 0 Å². The number of aliphatic hydroxyl groups is 1. The van der Waals surface area contributed by atoms with Gasteiger partial charge in [-0.2, -0.15) is 0 Å². The third-order valence-corrected chi connectivity index (χ3v) is 6.80. The Morgan fingerprint density at radius 1 is 1.28 bits per heavy atom. The summed E-state index contributed by atoms with van der Waals surface area (Å²) in [5.41, 5.74) is 2.20. The van der Waals surface area contributed by atoms with E-state index in [1.165, 1.54) is 6.08 Å². The largest absolute Gasteiger partial charge is 0.454 e. The van der Waals surface area contributed by atoms with Crippen LogP contribution in [-0.2, 0) is 14.4 Å². The maximum Gasteiger partial charge on any atom is 0.331 e. The van der Waals surface area contributed by atoms with Crippen LogP contribution in [0.25, 0.3) is 6.08 Å². The lowest BCUT2D eigenvalue weighted by atomic mass is 9.57. The van der Waals surface area contributed by atoms with Crippen molar-refractivity contribution in [2.75, 3.05) is 0 Å². The molecule has 29 heavy (non-hydrogen) atoms. The van der Waals surface area contributed by atoms with Crippen LogP contribution in [-0.4, -0.2) is 34.6 Å². The van der Waals surface area contributed by atoms with E-state index in [1.54, 1.807) is 6.08 Å². The fraction of sp³-hybridized carbons (Fsp3) is 0.542. The fourth-order valence-electron chi connectivity index (χ4n) is 4.97. The molecule has 2 aliphatic rings. The lowest BCUT2D eigenvalue weighted by molar-refractivity contribution is -0.278. The first-order valence-electron chi connectivity index (χ1n) is 10.4. The van der Waals surface area contributed by atoms with E-state index in [2.05, 4.69) is 18.7 Å². The Bertz CT molecular complexity index is 782. The Kier molecular flexibility index (Phi) is 6.62. The zero-order chi connectivity index (χ0) is 21.2. The van der Waals surface area contributed by atoms with Gasteiger partial charge in [0.1, 0.15) is 12.2 Å². The molecule has 0 radical (unpaired) electrons. The van der Waals surface area contributed by atoms with Crippen LogP contribution in [0, 0.1) is 17.3 Å². The highest BCUT2D eigenvalue weighted by atomic mass is 17.1. The molecule has 0 heterocycles. The molecule has 0 spiro atoms. The van der Waals surface area contributed by atoms with E-state index in [0.29, 0.717) is 12.3 Å². The summed E-state index contributed by atoms with van der Waals surface area (Å²) in [5.74, 6) is 0.0469. The molecule has 0 aliphatic heterocycles. The van der Waals surface area contributed by atoms with Crippen LogP contribution < -0.4 is 0 Å². The predicted octanol–water partition coefficient (Wildman–Crippen LogP) is 4.62. The third kappa shape index (κ3) is 4.32. The molecule has 1 aromatic carbocycles. The van der Waals surface area contributed by atoms with Gasteiger partial charge < -0.3 is 9.84 Å². The highest BCUT2D eigenvalue weighted by Crippen LogP contribution is 2.53. The van der Waals surface area contributed by atoms with Gasteiger partial charge in [-0.05, 0) is 48.5 Å². The summed E-state index contributed by atoms with van der Waals surface area (Å²) in [6, 6.07) is 9.60. The summed E-state index contributed by atoms with van der Waals surface area (Å²) in [4.78, 5) is 17.3. The molecule has 1 saturated carbocycles. The second-order valence-electron chi connectivity index (χ2n) is 8.91. The van der Waals surface area contributed by atoms with E-state index in [4.69, 9.17) is 4.74 Å². The topological polar surface area (TPSA) is 76.0 Å². The number of hydrogen-bond donors (Lipinski definition) is 2. The summed E-state index contributed by atoms with van der Waals surface area (Å²) in [7, 11) is 0. The lowest BCUT2D eigenvalue weighted by Gasteiger charge is -2.52. The SMILES string of the molecule is CC1=C2C(OC(=O)C=Cc3ccccc3)C(C(C)C)CCC2(C)C(O)CC1OO. The molecule has 5 unspecified atom stereocenters. The number of aliphatic hydroxyl groups excluding tert-OH is 1. The molecule has 0 saturated heterocycles. The number of rotatable bonds is 5. The van der Waals surface area contributed by atoms with Crippen LogP contribution in [0.15, 0.2) is 47.6 Å². The summed E-state index contributed by atoms with van der Waals surface area (Å²) < 4.78 is 6.00. The molecule has 0 amide bonds. The van der Waals surface area contributed by atoms with Crippen molar-refractivity contribution in [3.63, 3.8) is 0 Å². The molecule has 5 atom stereocenters. The molecular weight excluding hydrogens is 368 g/mol. The van der Waals surface area contributed by atoms with Crippen LogP contribution in [0.2, 0.25) is 0 Å². The van der Waals surface area contributed by atoms with Gasteiger partial charge in [0, 0.05) is 23.8 Å². The molecule has 5 heteroatoms. The first-order valence-corrected chi connectivity index (χ1v) is 10.4. The van der Waals surface area contributed by atoms with E-state index in [1.807, 2.05) is 44.2 Å². The van der Waals surface area contributed by atoms with E-state index in [-0.39, 0.29) is 5.92 Å². The lowest BCUT2D eigenvalue weighted by Crippen LogP contribution is -2.52. The van der Waals surface area contributed by atoms with Crippen molar-refractivity contribution in [2.24, 2.45) is 17.3 Å². The van der Waals surface area contributed by atoms with Crippen molar-refractivity contribution in [1.82, 2.24) is 0 Å². The quantitative estimate of drug-likeness (QED) is 0.248. The highest BCUT2D eigenvalue weighted by Gasteiger charge is 2.53. The summed E-state index contributed by atoms with van der Waals surface area (Å²) >= 11 is 0. The number of hydrogen-bond acceptors (Lipinski definition) is 5. The first-order chi connectivity index (χ1) is 13.8. The van der Waals surface area contributed by atoms with Gasteiger partial charge in [-0.25, -0.2) is 9.68 Å².